The van der Waals surface area contributed by atoms with Crippen molar-refractivity contribution in [3.05, 3.63) is 86.8 Å². The Kier molecular flexibility index (Phi) is 8.70. The summed E-state index contributed by atoms with van der Waals surface area (Å²) in [6, 6.07) is 18.1. The molecule has 8 heteroatoms. The number of nitriles is 1. The topological polar surface area (TPSA) is 102 Å². The Hall–Kier alpha value is -3.80. The number of pyridine rings is 2. The van der Waals surface area contributed by atoms with E-state index in [1.165, 1.54) is 28.7 Å². The standard InChI is InChI=1S/C36H41N5O2S/c1-36(2,3)29-9-10-30-27(19-29)18-28-20-32(44-35(28)40-30)34(43)39-31(14-17-41-15-12-23(21-37)13-16-41)25-6-4-24(5-7-25)26-8-11-33(42)38-22-26/h4-8,11,18,20,22-23,29,31H,9-10,12-17,19H2,1-3H3,(H,38,42)(H,39,43)/t29-,31+/m0/s1. The molecule has 1 saturated heterocycles. The Morgan fingerprint density at radius 2 is 1.86 bits per heavy atom. The van der Waals surface area contributed by atoms with Crippen LogP contribution in [0, 0.1) is 28.6 Å². The fraction of sp³-hybridized carbons (Fsp3) is 0.444. The van der Waals surface area contributed by atoms with Crippen LogP contribution in [0.5, 0.6) is 0 Å². The summed E-state index contributed by atoms with van der Waals surface area (Å²) >= 11 is 1.48. The number of benzene rings is 1. The highest BCUT2D eigenvalue weighted by atomic mass is 32.1. The molecule has 4 aromatic rings. The van der Waals surface area contributed by atoms with Gasteiger partial charge in [0.1, 0.15) is 4.83 Å². The number of hydrogen-bond acceptors (Lipinski definition) is 6. The van der Waals surface area contributed by atoms with Crippen LogP contribution in [0.3, 0.4) is 0 Å². The second-order valence-electron chi connectivity index (χ2n) is 13.5. The molecule has 1 fully saturated rings. The summed E-state index contributed by atoms with van der Waals surface area (Å²) in [6.07, 6.45) is 7.49. The van der Waals surface area contributed by atoms with Gasteiger partial charge in [0, 0.05) is 35.8 Å². The van der Waals surface area contributed by atoms with E-state index in [4.69, 9.17) is 4.98 Å². The van der Waals surface area contributed by atoms with E-state index in [0.717, 1.165) is 85.1 Å². The first-order valence-corrected chi connectivity index (χ1v) is 16.6. The van der Waals surface area contributed by atoms with Crippen molar-refractivity contribution in [2.45, 2.75) is 65.3 Å². The molecular weight excluding hydrogens is 566 g/mol. The van der Waals surface area contributed by atoms with Crippen LogP contribution in [0.2, 0.25) is 0 Å². The van der Waals surface area contributed by atoms with E-state index < -0.39 is 0 Å². The van der Waals surface area contributed by atoms with E-state index in [9.17, 15) is 14.9 Å². The van der Waals surface area contributed by atoms with Gasteiger partial charge < -0.3 is 15.2 Å². The van der Waals surface area contributed by atoms with Crippen molar-refractivity contribution < 1.29 is 4.79 Å². The highest BCUT2D eigenvalue weighted by Gasteiger charge is 2.30. The highest BCUT2D eigenvalue weighted by molar-refractivity contribution is 7.20. The molecule has 44 heavy (non-hydrogen) atoms. The van der Waals surface area contributed by atoms with E-state index in [1.807, 2.05) is 24.3 Å². The third-order valence-corrected chi connectivity index (χ3v) is 10.6. The first-order chi connectivity index (χ1) is 21.2. The molecule has 7 nitrogen and oxygen atoms in total. The zero-order chi connectivity index (χ0) is 30.8. The molecule has 6 rings (SSSR count). The number of thiophene rings is 1. The van der Waals surface area contributed by atoms with Crippen LogP contribution >= 0.6 is 11.3 Å². The first kappa shape index (κ1) is 30.2. The van der Waals surface area contributed by atoms with Crippen LogP contribution in [0.1, 0.15) is 79.0 Å². The maximum absolute atomic E-state index is 13.7. The SMILES string of the molecule is CC(C)(C)[C@H]1CCc2nc3sc(C(=O)N[C@H](CCN4CCC(C#N)CC4)c4ccc(-c5ccc(=O)[nH]c5)cc4)cc3cc2C1. The highest BCUT2D eigenvalue weighted by Crippen LogP contribution is 2.38. The summed E-state index contributed by atoms with van der Waals surface area (Å²) in [5.74, 6) is 0.711. The Labute approximate surface area is 263 Å². The van der Waals surface area contributed by atoms with Gasteiger partial charge in [0.15, 0.2) is 0 Å². The molecule has 0 radical (unpaired) electrons. The van der Waals surface area contributed by atoms with Gasteiger partial charge in [-0.2, -0.15) is 5.26 Å². The molecule has 2 N–H and O–H groups in total. The number of likely N-dealkylation sites (tertiary alicyclic amines) is 1. The average Bonchev–Trinajstić information content (AvgIpc) is 3.45. The van der Waals surface area contributed by atoms with Crippen molar-refractivity contribution in [3.63, 3.8) is 0 Å². The largest absolute Gasteiger partial charge is 0.344 e. The number of carbonyl (C=O) groups is 1. The summed E-state index contributed by atoms with van der Waals surface area (Å²) in [5.41, 5.74) is 5.64. The molecule has 2 atom stereocenters. The van der Waals surface area contributed by atoms with E-state index in [-0.39, 0.29) is 28.8 Å². The molecular formula is C36H41N5O2S. The number of nitrogens with zero attached hydrogens (tertiary/aromatic N) is 3. The van der Waals surface area contributed by atoms with Crippen molar-refractivity contribution >= 4 is 27.5 Å². The van der Waals surface area contributed by atoms with Gasteiger partial charge in [0.2, 0.25) is 5.56 Å². The van der Waals surface area contributed by atoms with Crippen LogP contribution < -0.4 is 10.9 Å². The third-order valence-electron chi connectivity index (χ3n) is 9.56. The molecule has 1 aliphatic heterocycles. The minimum absolute atomic E-state index is 0.0727. The zero-order valence-corrected chi connectivity index (χ0v) is 26.7. The van der Waals surface area contributed by atoms with Crippen molar-refractivity contribution in [3.8, 4) is 17.2 Å². The number of piperidine rings is 1. The fourth-order valence-corrected chi connectivity index (χ4v) is 7.56. The average molecular weight is 608 g/mol. The lowest BCUT2D eigenvalue weighted by atomic mass is 9.71. The van der Waals surface area contributed by atoms with Gasteiger partial charge in [-0.15, -0.1) is 11.3 Å². The predicted octanol–water partition coefficient (Wildman–Crippen LogP) is 6.90. The number of nitrogens with one attached hydrogen (secondary N) is 2. The van der Waals surface area contributed by atoms with Crippen molar-refractivity contribution in [2.75, 3.05) is 19.6 Å². The molecule has 3 aromatic heterocycles. The molecule has 0 bridgehead atoms. The summed E-state index contributed by atoms with van der Waals surface area (Å²) in [5, 5.41) is 13.7. The van der Waals surface area contributed by atoms with Gasteiger partial charge in [-0.05, 0) is 103 Å². The number of aromatic amines is 1. The summed E-state index contributed by atoms with van der Waals surface area (Å²) in [4.78, 5) is 37.0. The monoisotopic (exact) mass is 607 g/mol. The van der Waals surface area contributed by atoms with Crippen LogP contribution in [-0.4, -0.2) is 40.4 Å². The van der Waals surface area contributed by atoms with Gasteiger partial charge in [-0.3, -0.25) is 9.59 Å². The third kappa shape index (κ3) is 6.80. The number of H-pyrrole nitrogens is 1. The molecule has 228 valence electrons. The van der Waals surface area contributed by atoms with E-state index >= 15 is 0 Å². The van der Waals surface area contributed by atoms with Crippen LogP contribution in [-0.2, 0) is 12.8 Å². The maximum Gasteiger partial charge on any atom is 0.261 e. The minimum atomic E-state index is -0.167. The number of aryl methyl sites for hydroxylation is 1. The van der Waals surface area contributed by atoms with E-state index in [2.05, 4.69) is 60.2 Å². The van der Waals surface area contributed by atoms with Gasteiger partial charge in [-0.25, -0.2) is 4.98 Å². The lowest BCUT2D eigenvalue weighted by Crippen LogP contribution is -2.36. The maximum atomic E-state index is 13.7. The second kappa shape index (κ2) is 12.7. The van der Waals surface area contributed by atoms with Crippen LogP contribution in [0.4, 0.5) is 0 Å². The molecule has 4 heterocycles. The lowest BCUT2D eigenvalue weighted by Gasteiger charge is -2.34. The first-order valence-electron chi connectivity index (χ1n) is 15.8. The van der Waals surface area contributed by atoms with Crippen molar-refractivity contribution in [1.82, 2.24) is 20.2 Å². The van der Waals surface area contributed by atoms with Gasteiger partial charge in [0.25, 0.3) is 5.91 Å². The summed E-state index contributed by atoms with van der Waals surface area (Å²) in [6.45, 7) is 9.64. The predicted molar refractivity (Wildman–Crippen MR) is 177 cm³/mol. The molecule has 0 spiro atoms. The Morgan fingerprint density at radius 3 is 2.55 bits per heavy atom. The molecule has 0 unspecified atom stereocenters. The Balaban J connectivity index is 1.21. The second-order valence-corrected chi connectivity index (χ2v) is 14.6. The fourth-order valence-electron chi connectivity index (χ4n) is 6.62. The Morgan fingerprint density at radius 1 is 1.11 bits per heavy atom. The number of aromatic nitrogens is 2. The van der Waals surface area contributed by atoms with Gasteiger partial charge >= 0.3 is 0 Å². The molecule has 1 amide bonds. The molecule has 2 aliphatic rings. The normalized spacial score (nSPS) is 18.5. The number of rotatable bonds is 7. The van der Waals surface area contributed by atoms with E-state index in [0.29, 0.717) is 10.8 Å². The quantitative estimate of drug-likeness (QED) is 0.238. The van der Waals surface area contributed by atoms with E-state index in [1.54, 1.807) is 6.20 Å². The molecule has 1 aromatic carbocycles. The van der Waals surface area contributed by atoms with Crippen LogP contribution in [0.15, 0.2) is 59.5 Å². The van der Waals surface area contributed by atoms with Crippen LogP contribution in [0.25, 0.3) is 21.3 Å². The zero-order valence-electron chi connectivity index (χ0n) is 25.9. The van der Waals surface area contributed by atoms with Gasteiger partial charge in [-0.1, -0.05) is 45.0 Å². The molecule has 1 aliphatic carbocycles. The number of amides is 1. The summed E-state index contributed by atoms with van der Waals surface area (Å²) < 4.78 is 0. The number of hydrogen-bond donors (Lipinski definition) is 2. The smallest absolute Gasteiger partial charge is 0.261 e. The summed E-state index contributed by atoms with van der Waals surface area (Å²) in [7, 11) is 0. The molecule has 0 saturated carbocycles. The lowest BCUT2D eigenvalue weighted by molar-refractivity contribution is 0.0933. The van der Waals surface area contributed by atoms with Gasteiger partial charge in [0.05, 0.1) is 17.0 Å². The Bertz CT molecular complexity index is 1720. The minimum Gasteiger partial charge on any atom is -0.344 e. The number of fused-ring (bicyclic) bond motifs is 2. The van der Waals surface area contributed by atoms with Crippen molar-refractivity contribution in [2.24, 2.45) is 17.3 Å². The number of carbonyl (C=O) groups excluding carboxylic acids is 1. The van der Waals surface area contributed by atoms with Crippen molar-refractivity contribution in [1.29, 1.82) is 5.26 Å².